The van der Waals surface area contributed by atoms with Crippen molar-refractivity contribution in [2.24, 2.45) is 0 Å². The van der Waals surface area contributed by atoms with Gasteiger partial charge in [-0.15, -0.1) is 0 Å². The van der Waals surface area contributed by atoms with Crippen LogP contribution < -0.4 is 16.0 Å². The van der Waals surface area contributed by atoms with E-state index in [0.717, 1.165) is 18.2 Å². The van der Waals surface area contributed by atoms with Gasteiger partial charge in [0.25, 0.3) is 0 Å². The first-order chi connectivity index (χ1) is 13.0. The second-order valence-electron chi connectivity index (χ2n) is 5.42. The summed E-state index contributed by atoms with van der Waals surface area (Å²) in [6, 6.07) is 8.12. The Bertz CT molecular complexity index is 900. The van der Waals surface area contributed by atoms with Gasteiger partial charge in [-0.05, 0) is 36.4 Å². The van der Waals surface area contributed by atoms with Crippen LogP contribution in [0.25, 0.3) is 0 Å². The number of alkyl halides is 3. The highest BCUT2D eigenvalue weighted by molar-refractivity contribution is 6.40. The van der Waals surface area contributed by atoms with Crippen molar-refractivity contribution in [1.29, 1.82) is 0 Å². The van der Waals surface area contributed by atoms with Crippen LogP contribution in [0.3, 0.4) is 0 Å². The number of rotatable bonds is 4. The first-order valence-electron chi connectivity index (χ1n) is 7.57. The maximum atomic E-state index is 12.6. The highest BCUT2D eigenvalue weighted by Crippen LogP contribution is 2.30. The second kappa shape index (κ2) is 8.94. The van der Waals surface area contributed by atoms with Crippen molar-refractivity contribution >= 4 is 52.3 Å². The van der Waals surface area contributed by atoms with E-state index in [1.807, 2.05) is 5.32 Å². The van der Waals surface area contributed by atoms with E-state index in [9.17, 15) is 27.6 Å². The standard InChI is InChI=1S/C17H12Cl2F3N3O3/c18-10-5-11(19)7-13(6-10)25-16(28)15(27)23-8-14(26)24-12-3-1-2-9(4-12)17(20,21)22/h1-7H,8H2,(H,23,27)(H,24,26)(H,25,28). The summed E-state index contributed by atoms with van der Waals surface area (Å²) >= 11 is 11.5. The quantitative estimate of drug-likeness (QED) is 0.642. The molecule has 2 rings (SSSR count). The van der Waals surface area contributed by atoms with Crippen molar-refractivity contribution in [1.82, 2.24) is 5.32 Å². The molecular formula is C17H12Cl2F3N3O3. The van der Waals surface area contributed by atoms with Gasteiger partial charge in [-0.1, -0.05) is 29.3 Å². The molecule has 148 valence electrons. The predicted molar refractivity (Wildman–Crippen MR) is 98.2 cm³/mol. The zero-order valence-electron chi connectivity index (χ0n) is 13.9. The van der Waals surface area contributed by atoms with E-state index < -0.39 is 36.0 Å². The molecule has 0 radical (unpaired) electrons. The van der Waals surface area contributed by atoms with E-state index in [2.05, 4.69) is 10.6 Å². The molecule has 0 saturated carbocycles. The average molecular weight is 434 g/mol. The minimum Gasteiger partial charge on any atom is -0.339 e. The number of nitrogens with one attached hydrogen (secondary N) is 3. The summed E-state index contributed by atoms with van der Waals surface area (Å²) in [5, 5.41) is 6.96. The molecule has 11 heteroatoms. The van der Waals surface area contributed by atoms with Gasteiger partial charge in [0.05, 0.1) is 12.1 Å². The molecule has 0 aliphatic rings. The molecule has 0 aromatic heterocycles. The molecule has 0 heterocycles. The number of carbonyl (C=O) groups is 3. The molecule has 2 aromatic carbocycles. The Morgan fingerprint density at radius 1 is 0.857 bits per heavy atom. The SMILES string of the molecule is O=C(CNC(=O)C(=O)Nc1cc(Cl)cc(Cl)c1)Nc1cccc(C(F)(F)F)c1. The fourth-order valence-electron chi connectivity index (χ4n) is 2.03. The third kappa shape index (κ3) is 6.43. The van der Waals surface area contributed by atoms with Gasteiger partial charge in [0.15, 0.2) is 0 Å². The highest BCUT2D eigenvalue weighted by Gasteiger charge is 2.30. The maximum absolute atomic E-state index is 12.6. The van der Waals surface area contributed by atoms with Crippen molar-refractivity contribution < 1.29 is 27.6 Å². The zero-order chi connectivity index (χ0) is 20.9. The van der Waals surface area contributed by atoms with Crippen LogP contribution in [0.15, 0.2) is 42.5 Å². The number of hydrogen-bond donors (Lipinski definition) is 3. The van der Waals surface area contributed by atoms with Crippen LogP contribution in [0.5, 0.6) is 0 Å². The Morgan fingerprint density at radius 3 is 2.11 bits per heavy atom. The molecule has 3 N–H and O–H groups in total. The third-order valence-corrected chi connectivity index (χ3v) is 3.65. The molecule has 6 nitrogen and oxygen atoms in total. The monoisotopic (exact) mass is 433 g/mol. The summed E-state index contributed by atoms with van der Waals surface area (Å²) < 4.78 is 37.9. The van der Waals surface area contributed by atoms with E-state index in [-0.39, 0.29) is 21.4 Å². The lowest BCUT2D eigenvalue weighted by atomic mass is 10.2. The molecule has 2 aromatic rings. The summed E-state index contributed by atoms with van der Waals surface area (Å²) in [5.41, 5.74) is -0.868. The lowest BCUT2D eigenvalue weighted by molar-refractivity contribution is -0.137. The lowest BCUT2D eigenvalue weighted by Crippen LogP contribution is -2.39. The van der Waals surface area contributed by atoms with Crippen LogP contribution in [0.1, 0.15) is 5.56 Å². The van der Waals surface area contributed by atoms with Gasteiger partial charge in [-0.3, -0.25) is 14.4 Å². The first kappa shape index (κ1) is 21.5. The summed E-state index contributed by atoms with van der Waals surface area (Å²) in [4.78, 5) is 35.3. The Morgan fingerprint density at radius 2 is 1.50 bits per heavy atom. The number of hydrogen-bond acceptors (Lipinski definition) is 3. The van der Waals surface area contributed by atoms with Crippen LogP contribution in [0, 0.1) is 0 Å². The minimum absolute atomic E-state index is 0.105. The Labute approximate surface area is 167 Å². The molecular weight excluding hydrogens is 422 g/mol. The molecule has 28 heavy (non-hydrogen) atoms. The molecule has 0 aliphatic carbocycles. The van der Waals surface area contributed by atoms with Crippen LogP contribution in [-0.2, 0) is 20.6 Å². The number of amides is 3. The van der Waals surface area contributed by atoms with Crippen molar-refractivity contribution in [3.05, 3.63) is 58.1 Å². The first-order valence-corrected chi connectivity index (χ1v) is 8.32. The van der Waals surface area contributed by atoms with Crippen molar-refractivity contribution in [3.8, 4) is 0 Å². The van der Waals surface area contributed by atoms with Crippen molar-refractivity contribution in [2.45, 2.75) is 6.18 Å². The van der Waals surface area contributed by atoms with E-state index in [1.54, 1.807) is 0 Å². The molecule has 0 bridgehead atoms. The average Bonchev–Trinajstić information content (AvgIpc) is 2.58. The summed E-state index contributed by atoms with van der Waals surface area (Å²) in [6.07, 6.45) is -4.56. The van der Waals surface area contributed by atoms with Gasteiger partial charge in [-0.25, -0.2) is 0 Å². The number of benzene rings is 2. The molecule has 0 atom stereocenters. The van der Waals surface area contributed by atoms with Crippen LogP contribution in [0.4, 0.5) is 24.5 Å². The molecule has 0 fully saturated rings. The summed E-state index contributed by atoms with van der Waals surface area (Å²) in [6.45, 7) is -0.626. The molecule has 3 amide bonds. The highest BCUT2D eigenvalue weighted by atomic mass is 35.5. The Kier molecular flexibility index (Phi) is 6.87. The van der Waals surface area contributed by atoms with Gasteiger partial charge in [0, 0.05) is 21.4 Å². The molecule has 0 saturated heterocycles. The molecule has 0 spiro atoms. The number of carbonyl (C=O) groups excluding carboxylic acids is 3. The predicted octanol–water partition coefficient (Wildman–Crippen LogP) is 3.71. The topological polar surface area (TPSA) is 87.3 Å². The molecule has 0 unspecified atom stereocenters. The zero-order valence-corrected chi connectivity index (χ0v) is 15.4. The van der Waals surface area contributed by atoms with Crippen molar-refractivity contribution in [2.75, 3.05) is 17.2 Å². The van der Waals surface area contributed by atoms with E-state index in [1.165, 1.54) is 24.3 Å². The van der Waals surface area contributed by atoms with E-state index in [4.69, 9.17) is 23.2 Å². The Hall–Kier alpha value is -2.78. The third-order valence-electron chi connectivity index (χ3n) is 3.21. The van der Waals surface area contributed by atoms with Crippen LogP contribution in [0.2, 0.25) is 10.0 Å². The number of anilines is 2. The largest absolute Gasteiger partial charge is 0.416 e. The van der Waals surface area contributed by atoms with Gasteiger partial charge in [0.2, 0.25) is 5.91 Å². The second-order valence-corrected chi connectivity index (χ2v) is 6.29. The fourth-order valence-corrected chi connectivity index (χ4v) is 2.56. The van der Waals surface area contributed by atoms with E-state index >= 15 is 0 Å². The van der Waals surface area contributed by atoms with Gasteiger partial charge >= 0.3 is 18.0 Å². The Balaban J connectivity index is 1.88. The summed E-state index contributed by atoms with van der Waals surface area (Å²) in [5.74, 6) is -3.02. The van der Waals surface area contributed by atoms with Crippen LogP contribution in [-0.4, -0.2) is 24.3 Å². The van der Waals surface area contributed by atoms with Gasteiger partial charge < -0.3 is 16.0 Å². The van der Waals surface area contributed by atoms with Gasteiger partial charge in [-0.2, -0.15) is 13.2 Å². The lowest BCUT2D eigenvalue weighted by Gasteiger charge is -2.10. The molecule has 0 aliphatic heterocycles. The minimum atomic E-state index is -4.56. The number of halogens is 5. The fraction of sp³-hybridized carbons (Fsp3) is 0.118. The smallest absolute Gasteiger partial charge is 0.339 e. The van der Waals surface area contributed by atoms with Crippen LogP contribution >= 0.6 is 23.2 Å². The van der Waals surface area contributed by atoms with E-state index in [0.29, 0.717) is 0 Å². The van der Waals surface area contributed by atoms with Crippen molar-refractivity contribution in [3.63, 3.8) is 0 Å². The summed E-state index contributed by atoms with van der Waals surface area (Å²) in [7, 11) is 0. The maximum Gasteiger partial charge on any atom is 0.416 e. The normalized spacial score (nSPS) is 10.9. The van der Waals surface area contributed by atoms with Gasteiger partial charge in [0.1, 0.15) is 0 Å².